The fourth-order valence-corrected chi connectivity index (χ4v) is 7.42. The molecular formula is C35H27N9O13S3. The van der Waals surface area contributed by atoms with Gasteiger partial charge in [-0.15, -0.1) is 15.3 Å². The predicted octanol–water partition coefficient (Wildman–Crippen LogP) is 7.84. The first-order valence-corrected chi connectivity index (χ1v) is 20.6. The van der Waals surface area contributed by atoms with Gasteiger partial charge in [0.15, 0.2) is 5.75 Å². The summed E-state index contributed by atoms with van der Waals surface area (Å²) in [6.45, 7) is 0. The molecule has 0 saturated heterocycles. The number of carboxylic acid groups (broad SMARTS) is 1. The highest BCUT2D eigenvalue weighted by Gasteiger charge is 2.28. The van der Waals surface area contributed by atoms with Gasteiger partial charge in [0, 0.05) is 11.8 Å². The van der Waals surface area contributed by atoms with Crippen LogP contribution in [-0.4, -0.2) is 60.2 Å². The molecule has 6 rings (SSSR count). The number of aromatic carboxylic acids is 1. The molecule has 308 valence electrons. The summed E-state index contributed by atoms with van der Waals surface area (Å²) >= 11 is 0. The van der Waals surface area contributed by atoms with E-state index in [1.165, 1.54) is 72.8 Å². The lowest BCUT2D eigenvalue weighted by Gasteiger charge is -2.14. The van der Waals surface area contributed by atoms with Crippen LogP contribution in [0.2, 0.25) is 0 Å². The molecule has 0 aliphatic heterocycles. The first-order chi connectivity index (χ1) is 28.1. The summed E-state index contributed by atoms with van der Waals surface area (Å²) in [5, 5.41) is 55.0. The lowest BCUT2D eigenvalue weighted by molar-refractivity contribution is 0.0696. The summed E-state index contributed by atoms with van der Waals surface area (Å²) < 4.78 is 105. The van der Waals surface area contributed by atoms with E-state index in [1.54, 1.807) is 0 Å². The van der Waals surface area contributed by atoms with Gasteiger partial charge in [0.1, 0.15) is 37.5 Å². The second kappa shape index (κ2) is 16.1. The molecule has 60 heavy (non-hydrogen) atoms. The van der Waals surface area contributed by atoms with E-state index in [0.29, 0.717) is 29.2 Å². The van der Waals surface area contributed by atoms with Crippen LogP contribution in [0.25, 0.3) is 10.8 Å². The Balaban J connectivity index is 1.38. The molecule has 0 saturated carbocycles. The summed E-state index contributed by atoms with van der Waals surface area (Å²) in [7, 11) is -15.5. The fourth-order valence-electron chi connectivity index (χ4n) is 5.42. The number of benzene rings is 6. The SMILES string of the molecule is Nc1cc(O)ccc1/N=N/c1ccc(Nc2ccc(/N=N/c3c(S(=O)(=O)O)cc4cc(S(=O)(=O)O)c(/N=N/c5cccc(C(=O)O)c5)c(O)c4c3N)cc2S(=O)(=O)O)cc1. The van der Waals surface area contributed by atoms with E-state index in [-0.39, 0.29) is 34.1 Å². The molecule has 0 spiro atoms. The van der Waals surface area contributed by atoms with Crippen molar-refractivity contribution in [2.45, 2.75) is 14.7 Å². The van der Waals surface area contributed by atoms with Gasteiger partial charge in [-0.1, -0.05) is 6.07 Å². The van der Waals surface area contributed by atoms with Crippen LogP contribution < -0.4 is 16.8 Å². The molecule has 0 aliphatic carbocycles. The zero-order valence-corrected chi connectivity index (χ0v) is 32.3. The Kier molecular flexibility index (Phi) is 11.3. The number of carbonyl (C=O) groups is 1. The van der Waals surface area contributed by atoms with Crippen LogP contribution in [0.5, 0.6) is 11.5 Å². The second-order valence-corrected chi connectivity index (χ2v) is 16.5. The van der Waals surface area contributed by atoms with Gasteiger partial charge in [-0.05, 0) is 90.3 Å². The summed E-state index contributed by atoms with van der Waals surface area (Å²) in [6, 6.07) is 19.6. The fraction of sp³-hybridized carbons (Fsp3) is 0. The van der Waals surface area contributed by atoms with Crippen LogP contribution in [0, 0.1) is 0 Å². The van der Waals surface area contributed by atoms with E-state index in [4.69, 9.17) is 11.5 Å². The largest absolute Gasteiger partial charge is 0.508 e. The number of nitrogens with two attached hydrogens (primary N) is 2. The standard InChI is InChI=1S/C35H27N9O13S3/c36-24-16-23(45)9-11-25(24)42-39-20-6-4-19(5-7-20)38-26-10-8-22(15-27(26)58(49,50)51)41-43-32-28(59(52,53)54)13-18-14-29(60(55,56)57)33(34(46)30(18)31(32)37)44-40-21-3-1-2-17(12-21)35(47)48/h1-16,38,45-46H,36-37H2,(H,47,48)(H,49,50,51)(H,52,53,54)(H,55,56,57)/b42-39+,43-41+,44-40+. The first kappa shape index (κ1) is 42.2. The molecule has 0 aromatic heterocycles. The average Bonchev–Trinajstić information content (AvgIpc) is 3.16. The molecule has 25 heteroatoms. The van der Waals surface area contributed by atoms with Gasteiger partial charge >= 0.3 is 5.97 Å². The maximum atomic E-state index is 12.5. The summed E-state index contributed by atoms with van der Waals surface area (Å²) in [6.07, 6.45) is 0. The Morgan fingerprint density at radius 2 is 1.15 bits per heavy atom. The van der Waals surface area contributed by atoms with Gasteiger partial charge in [-0.2, -0.15) is 40.6 Å². The molecule has 0 atom stereocenters. The van der Waals surface area contributed by atoms with Crippen molar-refractivity contribution >= 4 is 104 Å². The van der Waals surface area contributed by atoms with E-state index >= 15 is 0 Å². The van der Waals surface area contributed by atoms with Crippen molar-refractivity contribution in [2.24, 2.45) is 30.7 Å². The maximum Gasteiger partial charge on any atom is 0.335 e. The molecule has 0 heterocycles. The van der Waals surface area contributed by atoms with Crippen molar-refractivity contribution in [2.75, 3.05) is 16.8 Å². The lowest BCUT2D eigenvalue weighted by atomic mass is 10.1. The number of phenols is 2. The third-order valence-corrected chi connectivity index (χ3v) is 10.8. The Morgan fingerprint density at radius 3 is 1.75 bits per heavy atom. The first-order valence-electron chi connectivity index (χ1n) is 16.3. The molecular weight excluding hydrogens is 851 g/mol. The van der Waals surface area contributed by atoms with E-state index in [0.717, 1.165) is 12.1 Å². The number of rotatable bonds is 12. The van der Waals surface area contributed by atoms with Crippen LogP contribution in [-0.2, 0) is 30.4 Å². The van der Waals surface area contributed by atoms with Crippen LogP contribution in [0.3, 0.4) is 0 Å². The molecule has 0 unspecified atom stereocenters. The molecule has 0 bridgehead atoms. The zero-order valence-electron chi connectivity index (χ0n) is 29.8. The Labute approximate surface area is 338 Å². The second-order valence-electron chi connectivity index (χ2n) is 12.3. The minimum atomic E-state index is -5.27. The predicted molar refractivity (Wildman–Crippen MR) is 214 cm³/mol. The van der Waals surface area contributed by atoms with Crippen LogP contribution >= 0.6 is 0 Å². The number of anilines is 4. The monoisotopic (exact) mass is 877 g/mol. The Bertz CT molecular complexity index is 3180. The smallest absolute Gasteiger partial charge is 0.335 e. The Morgan fingerprint density at radius 1 is 0.583 bits per heavy atom. The summed E-state index contributed by atoms with van der Waals surface area (Å²) in [5.41, 5.74) is 9.92. The van der Waals surface area contributed by atoms with Gasteiger partial charge in [-0.3, -0.25) is 13.7 Å². The van der Waals surface area contributed by atoms with Crippen molar-refractivity contribution in [3.8, 4) is 11.5 Å². The highest BCUT2D eigenvalue weighted by Crippen LogP contribution is 2.48. The number of nitrogen functional groups attached to an aromatic ring is 2. The van der Waals surface area contributed by atoms with Gasteiger partial charge in [0.05, 0.1) is 45.1 Å². The highest BCUT2D eigenvalue weighted by atomic mass is 32.2. The summed E-state index contributed by atoms with van der Waals surface area (Å²) in [5.74, 6) is -2.46. The van der Waals surface area contributed by atoms with Crippen molar-refractivity contribution in [3.05, 3.63) is 103 Å². The maximum absolute atomic E-state index is 12.5. The molecule has 22 nitrogen and oxygen atoms in total. The molecule has 0 amide bonds. The van der Waals surface area contributed by atoms with E-state index in [2.05, 4.69) is 36.0 Å². The number of hydrogen-bond acceptors (Lipinski definition) is 18. The minimum absolute atomic E-state index is 0.0495. The van der Waals surface area contributed by atoms with Crippen molar-refractivity contribution in [3.63, 3.8) is 0 Å². The lowest BCUT2D eigenvalue weighted by Crippen LogP contribution is -2.04. The van der Waals surface area contributed by atoms with Gasteiger partial charge in [-0.25, -0.2) is 4.79 Å². The van der Waals surface area contributed by atoms with Gasteiger partial charge in [0.2, 0.25) is 0 Å². The number of nitrogens with one attached hydrogen (secondary N) is 1. The van der Waals surface area contributed by atoms with Crippen molar-refractivity contribution < 1.29 is 59.0 Å². The van der Waals surface area contributed by atoms with Crippen LogP contribution in [0.4, 0.5) is 56.9 Å². The summed E-state index contributed by atoms with van der Waals surface area (Å²) in [4.78, 5) is 8.49. The van der Waals surface area contributed by atoms with Gasteiger partial charge < -0.3 is 32.1 Å². The number of phenolic OH excluding ortho intramolecular Hbond substituents is 2. The number of nitrogens with zero attached hydrogens (tertiary/aromatic N) is 6. The third-order valence-electron chi connectivity index (χ3n) is 8.17. The van der Waals surface area contributed by atoms with Crippen molar-refractivity contribution in [1.82, 2.24) is 0 Å². The molecule has 11 N–H and O–H groups in total. The third kappa shape index (κ3) is 9.31. The van der Waals surface area contributed by atoms with E-state index in [9.17, 15) is 59.0 Å². The number of carboxylic acids is 1. The number of fused-ring (bicyclic) bond motifs is 1. The Hall–Kier alpha value is -7.42. The minimum Gasteiger partial charge on any atom is -0.508 e. The number of aromatic hydroxyl groups is 2. The highest BCUT2D eigenvalue weighted by molar-refractivity contribution is 7.86. The topological polar surface area (TPSA) is 379 Å². The number of azo groups is 3. The van der Waals surface area contributed by atoms with E-state index < -0.39 is 84.6 Å². The average molecular weight is 878 g/mol. The molecule has 0 fully saturated rings. The number of hydrogen-bond donors (Lipinski definition) is 9. The quantitative estimate of drug-likeness (QED) is 0.0321. The van der Waals surface area contributed by atoms with Gasteiger partial charge in [0.25, 0.3) is 30.4 Å². The van der Waals surface area contributed by atoms with Crippen molar-refractivity contribution in [1.29, 1.82) is 0 Å². The molecule has 0 aliphatic rings. The molecule has 0 radical (unpaired) electrons. The van der Waals surface area contributed by atoms with Crippen LogP contribution in [0.1, 0.15) is 10.4 Å². The normalized spacial score (nSPS) is 12.5. The zero-order chi connectivity index (χ0) is 43.7. The molecule has 6 aromatic carbocycles. The molecule has 6 aromatic rings. The van der Waals surface area contributed by atoms with Crippen LogP contribution in [0.15, 0.2) is 142 Å². The van der Waals surface area contributed by atoms with E-state index in [1.807, 2.05) is 0 Å².